The zero-order chi connectivity index (χ0) is 24.6. The molecule has 1 amide bonds. The second kappa shape index (κ2) is 9.09. The Balaban J connectivity index is 1.52. The lowest BCUT2D eigenvalue weighted by molar-refractivity contribution is -0.138. The van der Waals surface area contributed by atoms with E-state index in [1.54, 1.807) is 18.2 Å². The SMILES string of the molecule is Cc1nc(-c2ccc(C(F)(F)F)cc2)sc1C(C)Oc1ccc2c(c1)CCC(=O)N2CC(=O)O. The minimum Gasteiger partial charge on any atom is -0.485 e. The number of alkyl halides is 3. The number of thiazole rings is 1. The third kappa shape index (κ3) is 4.91. The second-order valence-electron chi connectivity index (χ2n) is 7.97. The lowest BCUT2D eigenvalue weighted by Gasteiger charge is -2.28. The zero-order valence-electron chi connectivity index (χ0n) is 18.3. The summed E-state index contributed by atoms with van der Waals surface area (Å²) >= 11 is 1.35. The van der Waals surface area contributed by atoms with Gasteiger partial charge in [0.25, 0.3) is 0 Å². The molecule has 2 aromatic carbocycles. The van der Waals surface area contributed by atoms with Gasteiger partial charge < -0.3 is 14.7 Å². The topological polar surface area (TPSA) is 79.7 Å². The van der Waals surface area contributed by atoms with E-state index in [4.69, 9.17) is 9.84 Å². The molecule has 1 atom stereocenters. The average molecular weight is 491 g/mol. The van der Waals surface area contributed by atoms with Crippen molar-refractivity contribution in [2.24, 2.45) is 0 Å². The Morgan fingerprint density at radius 3 is 2.56 bits per heavy atom. The summed E-state index contributed by atoms with van der Waals surface area (Å²) in [7, 11) is 0. The quantitative estimate of drug-likeness (QED) is 0.484. The fourth-order valence-electron chi connectivity index (χ4n) is 3.89. The standard InChI is InChI=1S/C24H21F3N2O4S/c1-13-22(34-23(28-13)15-3-6-17(7-4-15)24(25,26)27)14(2)33-18-8-9-19-16(11-18)5-10-20(30)29(19)12-21(31)32/h3-4,6-9,11,14H,5,10,12H2,1-2H3,(H,31,32). The van der Waals surface area contributed by atoms with E-state index >= 15 is 0 Å². The first kappa shape index (κ1) is 23.7. The van der Waals surface area contributed by atoms with E-state index in [0.29, 0.717) is 28.4 Å². The lowest BCUT2D eigenvalue weighted by Crippen LogP contribution is -2.38. The molecule has 0 bridgehead atoms. The molecule has 10 heteroatoms. The molecule has 0 radical (unpaired) electrons. The highest BCUT2D eigenvalue weighted by Gasteiger charge is 2.30. The summed E-state index contributed by atoms with van der Waals surface area (Å²) < 4.78 is 44.6. The van der Waals surface area contributed by atoms with E-state index < -0.39 is 24.3 Å². The van der Waals surface area contributed by atoms with Gasteiger partial charge in [-0.05, 0) is 56.2 Å². The van der Waals surface area contributed by atoms with Crippen LogP contribution in [0.5, 0.6) is 5.75 Å². The average Bonchev–Trinajstić information content (AvgIpc) is 3.17. The van der Waals surface area contributed by atoms with Gasteiger partial charge in [0.1, 0.15) is 23.4 Å². The van der Waals surface area contributed by atoms with Gasteiger partial charge in [-0.25, -0.2) is 4.98 Å². The van der Waals surface area contributed by atoms with Crippen LogP contribution in [0.15, 0.2) is 42.5 Å². The number of amides is 1. The normalized spacial score (nSPS) is 14.6. The van der Waals surface area contributed by atoms with E-state index in [1.807, 2.05) is 13.8 Å². The maximum Gasteiger partial charge on any atom is 0.416 e. The first-order valence-electron chi connectivity index (χ1n) is 10.5. The summed E-state index contributed by atoms with van der Waals surface area (Å²) in [5, 5.41) is 9.70. The van der Waals surface area contributed by atoms with Crippen molar-refractivity contribution in [1.82, 2.24) is 4.98 Å². The van der Waals surface area contributed by atoms with Crippen LogP contribution in [-0.2, 0) is 22.2 Å². The van der Waals surface area contributed by atoms with Crippen LogP contribution in [0.2, 0.25) is 0 Å². The largest absolute Gasteiger partial charge is 0.485 e. The van der Waals surface area contributed by atoms with Crippen LogP contribution in [-0.4, -0.2) is 28.5 Å². The Morgan fingerprint density at radius 1 is 1.21 bits per heavy atom. The third-order valence-corrected chi connectivity index (χ3v) is 6.89. The molecule has 0 saturated heterocycles. The number of carboxylic acid groups (broad SMARTS) is 1. The fraction of sp³-hybridized carbons (Fsp3) is 0.292. The highest BCUT2D eigenvalue weighted by Crippen LogP contribution is 2.37. The van der Waals surface area contributed by atoms with Crippen LogP contribution in [0.4, 0.5) is 18.9 Å². The minimum atomic E-state index is -4.39. The number of aromatic nitrogens is 1. The number of aliphatic carboxylic acids is 1. The number of nitrogens with zero attached hydrogens (tertiary/aromatic N) is 2. The molecule has 178 valence electrons. The van der Waals surface area contributed by atoms with Crippen LogP contribution < -0.4 is 9.64 Å². The van der Waals surface area contributed by atoms with Gasteiger partial charge >= 0.3 is 12.1 Å². The number of rotatable bonds is 6. The number of carbonyl (C=O) groups excluding carboxylic acids is 1. The molecular weight excluding hydrogens is 469 g/mol. The molecule has 34 heavy (non-hydrogen) atoms. The number of benzene rings is 2. The number of ether oxygens (including phenoxy) is 1. The van der Waals surface area contributed by atoms with Crippen molar-refractivity contribution in [3.63, 3.8) is 0 Å². The molecule has 0 saturated carbocycles. The summed E-state index contributed by atoms with van der Waals surface area (Å²) in [5.41, 5.74) is 2.01. The summed E-state index contributed by atoms with van der Waals surface area (Å²) in [6, 6.07) is 10.1. The molecule has 0 aliphatic carbocycles. The lowest BCUT2D eigenvalue weighted by atomic mass is 10.0. The number of halogens is 3. The molecule has 1 unspecified atom stereocenters. The number of aryl methyl sites for hydroxylation is 2. The summed E-state index contributed by atoms with van der Waals surface area (Å²) in [5.74, 6) is -0.743. The number of anilines is 1. The summed E-state index contributed by atoms with van der Waals surface area (Å²) in [6.07, 6.45) is -4.05. The van der Waals surface area contributed by atoms with Gasteiger partial charge in [0, 0.05) is 17.7 Å². The van der Waals surface area contributed by atoms with Gasteiger partial charge in [-0.2, -0.15) is 13.2 Å². The van der Waals surface area contributed by atoms with E-state index in [2.05, 4.69) is 4.98 Å². The Labute approximate surface area is 197 Å². The maximum absolute atomic E-state index is 12.8. The smallest absolute Gasteiger partial charge is 0.416 e. The zero-order valence-corrected chi connectivity index (χ0v) is 19.2. The molecule has 1 aliphatic heterocycles. The highest BCUT2D eigenvalue weighted by atomic mass is 32.1. The van der Waals surface area contributed by atoms with Gasteiger partial charge in [-0.1, -0.05) is 12.1 Å². The van der Waals surface area contributed by atoms with Crippen molar-refractivity contribution in [3.05, 3.63) is 64.2 Å². The van der Waals surface area contributed by atoms with E-state index in [9.17, 15) is 22.8 Å². The van der Waals surface area contributed by atoms with Crippen LogP contribution >= 0.6 is 11.3 Å². The van der Waals surface area contributed by atoms with Crippen molar-refractivity contribution in [1.29, 1.82) is 0 Å². The van der Waals surface area contributed by atoms with Gasteiger partial charge in [0.2, 0.25) is 5.91 Å². The van der Waals surface area contributed by atoms with Crippen LogP contribution in [0.1, 0.15) is 41.1 Å². The number of carboxylic acids is 1. The maximum atomic E-state index is 12.8. The molecule has 1 N–H and O–H groups in total. The number of hydrogen-bond donors (Lipinski definition) is 1. The van der Waals surface area contributed by atoms with Crippen molar-refractivity contribution < 1.29 is 32.6 Å². The molecule has 3 aromatic rings. The Kier molecular flexibility index (Phi) is 6.35. The first-order valence-corrected chi connectivity index (χ1v) is 11.3. The molecule has 0 spiro atoms. The highest BCUT2D eigenvalue weighted by molar-refractivity contribution is 7.15. The van der Waals surface area contributed by atoms with Crippen molar-refractivity contribution >= 4 is 28.9 Å². The van der Waals surface area contributed by atoms with E-state index in [0.717, 1.165) is 28.3 Å². The van der Waals surface area contributed by atoms with Crippen molar-refractivity contribution in [3.8, 4) is 16.3 Å². The number of carbonyl (C=O) groups is 2. The molecule has 1 aliphatic rings. The second-order valence-corrected chi connectivity index (χ2v) is 9.00. The summed E-state index contributed by atoms with van der Waals surface area (Å²) in [6.45, 7) is 3.29. The fourth-order valence-corrected chi connectivity index (χ4v) is 4.94. The van der Waals surface area contributed by atoms with Gasteiger partial charge in [-0.3, -0.25) is 9.59 Å². The van der Waals surface area contributed by atoms with Crippen molar-refractivity contribution in [2.75, 3.05) is 11.4 Å². The summed E-state index contributed by atoms with van der Waals surface area (Å²) in [4.78, 5) is 29.9. The predicted molar refractivity (Wildman–Crippen MR) is 121 cm³/mol. The van der Waals surface area contributed by atoms with Crippen LogP contribution in [0.25, 0.3) is 10.6 Å². The molecule has 1 aromatic heterocycles. The number of fused-ring (bicyclic) bond motifs is 1. The Morgan fingerprint density at radius 2 is 1.91 bits per heavy atom. The molecule has 2 heterocycles. The van der Waals surface area contributed by atoms with Gasteiger partial charge in [0.05, 0.1) is 16.1 Å². The van der Waals surface area contributed by atoms with Crippen LogP contribution in [0, 0.1) is 6.92 Å². The Bertz CT molecular complexity index is 1240. The van der Waals surface area contributed by atoms with Gasteiger partial charge in [-0.15, -0.1) is 11.3 Å². The number of hydrogen-bond acceptors (Lipinski definition) is 5. The Hall–Kier alpha value is -3.40. The third-order valence-electron chi connectivity index (χ3n) is 5.52. The van der Waals surface area contributed by atoms with Gasteiger partial charge in [0.15, 0.2) is 0 Å². The predicted octanol–water partition coefficient (Wildman–Crippen LogP) is 5.64. The minimum absolute atomic E-state index is 0.226. The monoisotopic (exact) mass is 490 g/mol. The molecular formula is C24H21F3N2O4S. The first-order chi connectivity index (χ1) is 16.0. The van der Waals surface area contributed by atoms with Crippen LogP contribution in [0.3, 0.4) is 0 Å². The molecule has 4 rings (SSSR count). The van der Waals surface area contributed by atoms with E-state index in [-0.39, 0.29) is 18.4 Å². The molecule has 0 fully saturated rings. The van der Waals surface area contributed by atoms with Crippen molar-refractivity contribution in [2.45, 2.75) is 39.0 Å². The molecule has 6 nitrogen and oxygen atoms in total. The van der Waals surface area contributed by atoms with E-state index in [1.165, 1.54) is 28.4 Å².